The van der Waals surface area contributed by atoms with Crippen LogP contribution in [0, 0.1) is 0 Å². The molecule has 1 aliphatic rings. The fourth-order valence-electron chi connectivity index (χ4n) is 2.83. The number of imidazole rings is 1. The fourth-order valence-corrected chi connectivity index (χ4v) is 2.83. The van der Waals surface area contributed by atoms with Crippen LogP contribution in [0.5, 0.6) is 0 Å². The van der Waals surface area contributed by atoms with Crippen molar-refractivity contribution >= 4 is 22.8 Å². The summed E-state index contributed by atoms with van der Waals surface area (Å²) < 4.78 is 4.27. The number of aliphatic hydroxyl groups excluding tert-OH is 1. The van der Waals surface area contributed by atoms with E-state index in [2.05, 4.69) is 10.1 Å². The monoisotopic (exact) mass is 320 g/mol. The minimum Gasteiger partial charge on any atom is -0.396 e. The van der Waals surface area contributed by atoms with Crippen LogP contribution in [-0.2, 0) is 14.1 Å². The Kier molecular flexibility index (Phi) is 3.59. The number of hydrazone groups is 1. The molecule has 0 amide bonds. The maximum Gasteiger partial charge on any atom is 0.332 e. The van der Waals surface area contributed by atoms with Gasteiger partial charge >= 0.3 is 5.69 Å². The van der Waals surface area contributed by atoms with Gasteiger partial charge in [-0.3, -0.25) is 18.5 Å². The van der Waals surface area contributed by atoms with E-state index in [1.807, 2.05) is 18.4 Å². The fraction of sp³-hybridized carbons (Fsp3) is 0.571. The molecule has 9 nitrogen and oxygen atoms in total. The summed E-state index contributed by atoms with van der Waals surface area (Å²) in [6.07, 6.45) is 0.533. The normalized spacial score (nSPS) is 17.5. The molecule has 0 unspecified atom stereocenters. The molecule has 2 aromatic rings. The number of aryl methyl sites for hydroxylation is 1. The lowest BCUT2D eigenvalue weighted by Gasteiger charge is -2.29. The quantitative estimate of drug-likeness (QED) is 0.828. The molecule has 0 spiro atoms. The predicted molar refractivity (Wildman–Crippen MR) is 87.1 cm³/mol. The second-order valence-electron chi connectivity index (χ2n) is 5.78. The second kappa shape index (κ2) is 5.34. The van der Waals surface area contributed by atoms with Crippen molar-refractivity contribution in [3.8, 4) is 0 Å². The van der Waals surface area contributed by atoms with Crippen molar-refractivity contribution in [3.05, 3.63) is 20.8 Å². The van der Waals surface area contributed by atoms with Crippen LogP contribution in [0.1, 0.15) is 26.3 Å². The Morgan fingerprint density at radius 3 is 2.57 bits per heavy atom. The molecule has 0 bridgehead atoms. The highest BCUT2D eigenvalue weighted by molar-refractivity contribution is 5.90. The van der Waals surface area contributed by atoms with Gasteiger partial charge in [0.15, 0.2) is 11.2 Å². The first-order valence-corrected chi connectivity index (χ1v) is 7.50. The number of rotatable bonds is 3. The van der Waals surface area contributed by atoms with E-state index in [0.717, 1.165) is 10.3 Å². The Morgan fingerprint density at radius 1 is 1.22 bits per heavy atom. The van der Waals surface area contributed by atoms with Crippen LogP contribution >= 0.6 is 0 Å². The lowest BCUT2D eigenvalue weighted by atomic mass is 10.2. The number of hydrogen-bond donors (Lipinski definition) is 1. The molecule has 1 aliphatic heterocycles. The van der Waals surface area contributed by atoms with Gasteiger partial charge in [0.25, 0.3) is 5.56 Å². The van der Waals surface area contributed by atoms with Gasteiger partial charge in [0.05, 0.1) is 11.8 Å². The van der Waals surface area contributed by atoms with Gasteiger partial charge in [0, 0.05) is 27.2 Å². The van der Waals surface area contributed by atoms with Gasteiger partial charge in [-0.2, -0.15) is 10.1 Å². The summed E-state index contributed by atoms with van der Waals surface area (Å²) >= 11 is 0. The summed E-state index contributed by atoms with van der Waals surface area (Å²) in [7, 11) is 3.06. The van der Waals surface area contributed by atoms with E-state index in [4.69, 9.17) is 5.11 Å². The summed E-state index contributed by atoms with van der Waals surface area (Å²) in [6.45, 7) is 4.36. The largest absolute Gasteiger partial charge is 0.396 e. The van der Waals surface area contributed by atoms with E-state index in [-0.39, 0.29) is 18.2 Å². The maximum absolute atomic E-state index is 12.6. The molecule has 3 heterocycles. The van der Waals surface area contributed by atoms with Crippen LogP contribution in [0.15, 0.2) is 14.7 Å². The van der Waals surface area contributed by atoms with Crippen LogP contribution < -0.4 is 16.3 Å². The summed E-state index contributed by atoms with van der Waals surface area (Å²) in [5.74, 6) is 0.518. The zero-order chi connectivity index (χ0) is 16.9. The van der Waals surface area contributed by atoms with E-state index in [9.17, 15) is 9.59 Å². The van der Waals surface area contributed by atoms with Gasteiger partial charge in [0.2, 0.25) is 5.95 Å². The molecule has 0 saturated heterocycles. The van der Waals surface area contributed by atoms with Crippen LogP contribution in [0.3, 0.4) is 0 Å². The van der Waals surface area contributed by atoms with Crippen molar-refractivity contribution in [1.82, 2.24) is 18.7 Å². The lowest BCUT2D eigenvalue weighted by Crippen LogP contribution is -2.38. The average molecular weight is 320 g/mol. The van der Waals surface area contributed by atoms with Gasteiger partial charge in [0.1, 0.15) is 0 Å². The Hall–Kier alpha value is -2.42. The van der Waals surface area contributed by atoms with Gasteiger partial charge < -0.3 is 5.11 Å². The summed E-state index contributed by atoms with van der Waals surface area (Å²) in [5.41, 5.74) is 0.792. The first kappa shape index (κ1) is 15.5. The minimum atomic E-state index is -0.412. The number of nitrogens with zero attached hydrogens (tertiary/aromatic N) is 6. The van der Waals surface area contributed by atoms with Crippen molar-refractivity contribution in [1.29, 1.82) is 0 Å². The summed E-state index contributed by atoms with van der Waals surface area (Å²) in [5, 5.41) is 15.2. The zero-order valence-electron chi connectivity index (χ0n) is 13.6. The van der Waals surface area contributed by atoms with Crippen molar-refractivity contribution in [3.63, 3.8) is 0 Å². The smallest absolute Gasteiger partial charge is 0.332 e. The summed E-state index contributed by atoms with van der Waals surface area (Å²) in [4.78, 5) is 29.2. The molecule has 1 N–H and O–H groups in total. The van der Waals surface area contributed by atoms with Crippen molar-refractivity contribution < 1.29 is 5.11 Å². The third kappa shape index (κ3) is 2.11. The molecule has 1 atom stereocenters. The molecule has 0 aromatic carbocycles. The van der Waals surface area contributed by atoms with Crippen LogP contribution in [0.2, 0.25) is 0 Å². The first-order valence-electron chi connectivity index (χ1n) is 7.50. The highest BCUT2D eigenvalue weighted by Crippen LogP contribution is 2.29. The highest BCUT2D eigenvalue weighted by Gasteiger charge is 2.29. The van der Waals surface area contributed by atoms with Crippen molar-refractivity contribution in [2.45, 2.75) is 26.3 Å². The lowest BCUT2D eigenvalue weighted by molar-refractivity contribution is 0.289. The zero-order valence-corrected chi connectivity index (χ0v) is 13.6. The second-order valence-corrected chi connectivity index (χ2v) is 5.78. The predicted octanol–water partition coefficient (Wildman–Crippen LogP) is -0.427. The molecule has 9 heteroatoms. The number of fused-ring (bicyclic) bond motifs is 3. The molecular weight excluding hydrogens is 300 g/mol. The molecule has 0 fully saturated rings. The van der Waals surface area contributed by atoms with Gasteiger partial charge in [-0.1, -0.05) is 0 Å². The third-order valence-corrected chi connectivity index (χ3v) is 4.30. The number of aromatic nitrogens is 4. The van der Waals surface area contributed by atoms with E-state index < -0.39 is 5.69 Å². The van der Waals surface area contributed by atoms with Crippen LogP contribution in [0.25, 0.3) is 11.2 Å². The van der Waals surface area contributed by atoms with Crippen molar-refractivity contribution in [2.75, 3.05) is 18.2 Å². The molecule has 3 rings (SSSR count). The van der Waals surface area contributed by atoms with Crippen LogP contribution in [-0.4, -0.2) is 42.7 Å². The Balaban J connectivity index is 2.36. The molecule has 124 valence electrons. The molecule has 0 aliphatic carbocycles. The molecule has 0 radical (unpaired) electrons. The topological polar surface area (TPSA) is 97.7 Å². The Bertz CT molecular complexity index is 919. The first-order chi connectivity index (χ1) is 10.9. The standard InChI is InChI=1S/C14H20N6O3/c1-8-9(2)20-10-11(17(3)14(23)18(4)12(10)22)15-13(20)19(16-8)6-5-7-21/h9,21H,5-7H2,1-4H3/t9-/m1/s1. The maximum atomic E-state index is 12.6. The van der Waals surface area contributed by atoms with Crippen LogP contribution in [0.4, 0.5) is 5.95 Å². The third-order valence-electron chi connectivity index (χ3n) is 4.30. The Labute approximate surface area is 132 Å². The van der Waals surface area contributed by atoms with Gasteiger partial charge in [-0.25, -0.2) is 9.80 Å². The minimum absolute atomic E-state index is 0.0428. The number of anilines is 1. The van der Waals surface area contributed by atoms with E-state index >= 15 is 0 Å². The van der Waals surface area contributed by atoms with E-state index in [0.29, 0.717) is 30.1 Å². The average Bonchev–Trinajstić information content (AvgIpc) is 2.94. The Morgan fingerprint density at radius 2 is 1.91 bits per heavy atom. The SMILES string of the molecule is CC1=NN(CCCO)c2nc3c(c(=O)n(C)c(=O)n3C)n2[C@@H]1C. The number of aliphatic hydroxyl groups is 1. The van der Waals surface area contributed by atoms with Gasteiger partial charge in [-0.15, -0.1) is 0 Å². The number of hydrogen-bond acceptors (Lipinski definition) is 6. The molecule has 23 heavy (non-hydrogen) atoms. The summed E-state index contributed by atoms with van der Waals surface area (Å²) in [6, 6.07) is -0.134. The molecule has 2 aromatic heterocycles. The highest BCUT2D eigenvalue weighted by atomic mass is 16.3. The van der Waals surface area contributed by atoms with Crippen molar-refractivity contribution in [2.24, 2.45) is 19.2 Å². The molecule has 0 saturated carbocycles. The van der Waals surface area contributed by atoms with E-state index in [1.54, 1.807) is 12.1 Å². The van der Waals surface area contributed by atoms with E-state index in [1.165, 1.54) is 11.6 Å². The van der Waals surface area contributed by atoms with Gasteiger partial charge in [-0.05, 0) is 20.3 Å². The molecular formula is C14H20N6O3.